The molecule has 0 radical (unpaired) electrons. The molecule has 0 aliphatic heterocycles. The van der Waals surface area contributed by atoms with Crippen LogP contribution in [0.15, 0.2) is 15.7 Å². The quantitative estimate of drug-likeness (QED) is 0.641. The van der Waals surface area contributed by atoms with Gasteiger partial charge in [0.2, 0.25) is 10.0 Å². The summed E-state index contributed by atoms with van der Waals surface area (Å²) in [5.41, 5.74) is 0.00689. The lowest BCUT2D eigenvalue weighted by Gasteiger charge is -2.04. The molecule has 0 spiro atoms. The molecule has 0 saturated heterocycles. The molecule has 0 atom stereocenters. The third kappa shape index (κ3) is 5.82. The van der Waals surface area contributed by atoms with E-state index in [9.17, 15) is 13.2 Å². The van der Waals surface area contributed by atoms with Crippen LogP contribution in [-0.4, -0.2) is 38.0 Å². The van der Waals surface area contributed by atoms with Crippen LogP contribution < -0.4 is 4.72 Å². The minimum atomic E-state index is -3.57. The van der Waals surface area contributed by atoms with Gasteiger partial charge in [-0.25, -0.2) is 17.9 Å². The largest absolute Gasteiger partial charge is 0.478 e. The summed E-state index contributed by atoms with van der Waals surface area (Å²) in [6.45, 7) is 0.391. The van der Waals surface area contributed by atoms with E-state index in [1.165, 1.54) is 11.4 Å². The molecule has 8 heteroatoms. The molecule has 5 nitrogen and oxygen atoms in total. The van der Waals surface area contributed by atoms with Gasteiger partial charge in [0.25, 0.3) is 0 Å². The maximum Gasteiger partial charge on any atom is 0.336 e. The fourth-order valence-corrected chi connectivity index (χ4v) is 4.34. The molecule has 0 unspecified atom stereocenters. The summed E-state index contributed by atoms with van der Waals surface area (Å²) in [6.07, 6.45) is 6.12. The van der Waals surface area contributed by atoms with E-state index in [0.717, 1.165) is 42.8 Å². The van der Waals surface area contributed by atoms with Crippen molar-refractivity contribution in [3.05, 3.63) is 17.0 Å². The molecule has 0 aliphatic rings. The standard InChI is InChI=1S/C12H19NO4S3/c1-18-7-5-3-2-4-6-13-20(16,17)11-8-10(9-19-11)12(14)15/h8-9,13H,2-7H2,1H3,(H,14,15). The number of thiophene rings is 1. The molecule has 0 aliphatic carbocycles. The van der Waals surface area contributed by atoms with Crippen molar-refractivity contribution in [2.45, 2.75) is 29.9 Å². The van der Waals surface area contributed by atoms with Gasteiger partial charge in [-0.2, -0.15) is 11.8 Å². The number of hydrogen-bond acceptors (Lipinski definition) is 5. The van der Waals surface area contributed by atoms with Crippen molar-refractivity contribution >= 4 is 39.1 Å². The van der Waals surface area contributed by atoms with Crippen LogP contribution in [0, 0.1) is 0 Å². The van der Waals surface area contributed by atoms with E-state index in [2.05, 4.69) is 11.0 Å². The number of rotatable bonds is 10. The molecule has 0 fully saturated rings. The van der Waals surface area contributed by atoms with E-state index >= 15 is 0 Å². The SMILES string of the molecule is CSCCCCCCNS(=O)(=O)c1cc(C(=O)O)cs1. The summed E-state index contributed by atoms with van der Waals surface area (Å²) in [5.74, 6) is 0.0234. The van der Waals surface area contributed by atoms with Gasteiger partial charge in [-0.05, 0) is 30.9 Å². The first-order chi connectivity index (χ1) is 9.47. The number of carboxylic acids is 1. The summed E-state index contributed by atoms with van der Waals surface area (Å²) in [4.78, 5) is 10.7. The Bertz CT molecular complexity index is 525. The smallest absolute Gasteiger partial charge is 0.336 e. The fraction of sp³-hybridized carbons (Fsp3) is 0.583. The van der Waals surface area contributed by atoms with E-state index in [1.807, 2.05) is 11.8 Å². The van der Waals surface area contributed by atoms with Crippen LogP contribution in [0.3, 0.4) is 0 Å². The molecule has 0 aromatic carbocycles. The van der Waals surface area contributed by atoms with Gasteiger partial charge >= 0.3 is 5.97 Å². The van der Waals surface area contributed by atoms with E-state index in [0.29, 0.717) is 6.54 Å². The summed E-state index contributed by atoms with van der Waals surface area (Å²) in [7, 11) is -3.57. The average molecular weight is 337 g/mol. The molecule has 1 aromatic rings. The lowest BCUT2D eigenvalue weighted by atomic mass is 10.2. The van der Waals surface area contributed by atoms with Crippen LogP contribution in [-0.2, 0) is 10.0 Å². The summed E-state index contributed by atoms with van der Waals surface area (Å²) in [5, 5.41) is 10.1. The zero-order valence-corrected chi connectivity index (χ0v) is 13.7. The number of sulfonamides is 1. The molecule has 0 amide bonds. The Morgan fingerprint density at radius 2 is 2.05 bits per heavy atom. The third-order valence-electron chi connectivity index (χ3n) is 2.65. The minimum Gasteiger partial charge on any atom is -0.478 e. The number of carboxylic acid groups (broad SMARTS) is 1. The first-order valence-electron chi connectivity index (χ1n) is 6.28. The highest BCUT2D eigenvalue weighted by Gasteiger charge is 2.18. The number of hydrogen-bond donors (Lipinski definition) is 2. The van der Waals surface area contributed by atoms with E-state index in [4.69, 9.17) is 5.11 Å². The Balaban J connectivity index is 2.36. The number of unbranched alkanes of at least 4 members (excludes halogenated alkanes) is 3. The van der Waals surface area contributed by atoms with E-state index in [-0.39, 0.29) is 9.77 Å². The van der Waals surface area contributed by atoms with Crippen LogP contribution in [0.5, 0.6) is 0 Å². The molecular formula is C12H19NO4S3. The molecule has 20 heavy (non-hydrogen) atoms. The van der Waals surface area contributed by atoms with Gasteiger partial charge in [0.05, 0.1) is 5.56 Å². The molecule has 0 saturated carbocycles. The number of nitrogens with one attached hydrogen (secondary N) is 1. The van der Waals surface area contributed by atoms with Gasteiger partial charge in [-0.3, -0.25) is 0 Å². The lowest BCUT2D eigenvalue weighted by molar-refractivity contribution is 0.0697. The van der Waals surface area contributed by atoms with Gasteiger partial charge in [-0.1, -0.05) is 12.8 Å². The Morgan fingerprint density at radius 3 is 2.65 bits per heavy atom. The second-order valence-electron chi connectivity index (χ2n) is 4.26. The van der Waals surface area contributed by atoms with Crippen LogP contribution in [0.2, 0.25) is 0 Å². The topological polar surface area (TPSA) is 83.5 Å². The van der Waals surface area contributed by atoms with Crippen molar-refractivity contribution in [1.82, 2.24) is 4.72 Å². The highest BCUT2D eigenvalue weighted by atomic mass is 32.2. The van der Waals surface area contributed by atoms with Crippen molar-refractivity contribution in [2.24, 2.45) is 0 Å². The van der Waals surface area contributed by atoms with Crippen molar-refractivity contribution < 1.29 is 18.3 Å². The highest BCUT2D eigenvalue weighted by molar-refractivity contribution is 7.98. The van der Waals surface area contributed by atoms with E-state index < -0.39 is 16.0 Å². The maximum atomic E-state index is 11.9. The summed E-state index contributed by atoms with van der Waals surface area (Å²) >= 11 is 2.74. The predicted octanol–water partition coefficient (Wildman–Crippen LogP) is 2.65. The van der Waals surface area contributed by atoms with Gasteiger partial charge in [0.1, 0.15) is 4.21 Å². The summed E-state index contributed by atoms with van der Waals surface area (Å²) in [6, 6.07) is 1.19. The van der Waals surface area contributed by atoms with Crippen molar-refractivity contribution in [1.29, 1.82) is 0 Å². The first-order valence-corrected chi connectivity index (χ1v) is 10.0. The summed E-state index contributed by atoms with van der Waals surface area (Å²) < 4.78 is 26.4. The second kappa shape index (κ2) is 8.66. The van der Waals surface area contributed by atoms with Crippen molar-refractivity contribution in [3.63, 3.8) is 0 Å². The maximum absolute atomic E-state index is 11.9. The zero-order valence-electron chi connectivity index (χ0n) is 11.3. The van der Waals surface area contributed by atoms with Crippen LogP contribution in [0.25, 0.3) is 0 Å². The van der Waals surface area contributed by atoms with E-state index in [1.54, 1.807) is 0 Å². The van der Waals surface area contributed by atoms with Crippen LogP contribution >= 0.6 is 23.1 Å². The Morgan fingerprint density at radius 1 is 1.35 bits per heavy atom. The second-order valence-corrected chi connectivity index (χ2v) is 8.15. The van der Waals surface area contributed by atoms with Gasteiger partial charge in [0.15, 0.2) is 0 Å². The molecule has 1 rings (SSSR count). The number of carbonyl (C=O) groups is 1. The Labute approximate surface area is 127 Å². The Hall–Kier alpha value is -0.570. The van der Waals surface area contributed by atoms with Gasteiger partial charge in [-0.15, -0.1) is 11.3 Å². The monoisotopic (exact) mass is 337 g/mol. The lowest BCUT2D eigenvalue weighted by Crippen LogP contribution is -2.24. The predicted molar refractivity (Wildman–Crippen MR) is 83.3 cm³/mol. The zero-order chi connectivity index (χ0) is 15.0. The number of aromatic carboxylic acids is 1. The minimum absolute atomic E-state index is 0.00689. The van der Waals surface area contributed by atoms with Crippen molar-refractivity contribution in [3.8, 4) is 0 Å². The molecule has 0 bridgehead atoms. The molecule has 2 N–H and O–H groups in total. The van der Waals surface area contributed by atoms with Crippen LogP contribution in [0.1, 0.15) is 36.0 Å². The fourth-order valence-electron chi connectivity index (χ4n) is 1.57. The normalized spacial score (nSPS) is 11.7. The van der Waals surface area contributed by atoms with Gasteiger partial charge < -0.3 is 5.11 Å². The molecular weight excluding hydrogens is 318 g/mol. The molecule has 114 valence electrons. The van der Waals surface area contributed by atoms with Crippen LogP contribution in [0.4, 0.5) is 0 Å². The highest BCUT2D eigenvalue weighted by Crippen LogP contribution is 2.20. The number of thioether (sulfide) groups is 1. The molecule has 1 aromatic heterocycles. The average Bonchev–Trinajstić information content (AvgIpc) is 2.88. The Kier molecular flexibility index (Phi) is 7.57. The molecule has 1 heterocycles. The third-order valence-corrected chi connectivity index (χ3v) is 6.25. The first kappa shape index (κ1) is 17.5. The van der Waals surface area contributed by atoms with Gasteiger partial charge in [0, 0.05) is 11.9 Å². The van der Waals surface area contributed by atoms with Crippen molar-refractivity contribution in [2.75, 3.05) is 18.6 Å².